The van der Waals surface area contributed by atoms with E-state index < -0.39 is 62.8 Å². The first-order valence-electron chi connectivity index (χ1n) is 25.3. The van der Waals surface area contributed by atoms with Crippen LogP contribution in [-0.4, -0.2) is 126 Å². The summed E-state index contributed by atoms with van der Waals surface area (Å²) in [6.07, 6.45) is 15.9. The van der Waals surface area contributed by atoms with Gasteiger partial charge < -0.3 is 24.4 Å². The predicted molar refractivity (Wildman–Crippen MR) is 297 cm³/mol. The van der Waals surface area contributed by atoms with Gasteiger partial charge in [-0.2, -0.15) is 25.3 Å². The molecule has 4 aromatic rings. The smallest absolute Gasteiger partial charge is 0.294 e. The van der Waals surface area contributed by atoms with Crippen molar-refractivity contribution in [3.05, 3.63) is 119 Å². The number of ether oxygens (including phenoxy) is 1. The number of fused-ring (bicyclic) bond motifs is 6. The lowest BCUT2D eigenvalue weighted by Crippen LogP contribution is -2.36. The van der Waals surface area contributed by atoms with E-state index in [4.69, 9.17) is 11.2 Å². The summed E-state index contributed by atoms with van der Waals surface area (Å²) in [5, 5.41) is 6.21. The molecule has 0 aromatic heterocycles. The van der Waals surface area contributed by atoms with Gasteiger partial charge in [-0.25, -0.2) is 13.0 Å². The Labute approximate surface area is 448 Å². The summed E-state index contributed by atoms with van der Waals surface area (Å²) >= 11 is 0. The molecule has 0 radical (unpaired) electrons. The van der Waals surface area contributed by atoms with Gasteiger partial charge in [-0.15, -0.1) is 6.42 Å². The number of nitrogens with zero attached hydrogens (tertiary/aromatic N) is 3. The van der Waals surface area contributed by atoms with Crippen molar-refractivity contribution in [3.8, 4) is 12.3 Å². The highest BCUT2D eigenvalue weighted by molar-refractivity contribution is 7.86. The van der Waals surface area contributed by atoms with E-state index >= 15 is 0 Å². The highest BCUT2D eigenvalue weighted by atomic mass is 32.2. The zero-order valence-corrected chi connectivity index (χ0v) is 47.0. The maximum Gasteiger partial charge on any atom is 0.294 e. The summed E-state index contributed by atoms with van der Waals surface area (Å²) < 4.78 is 146. The van der Waals surface area contributed by atoms with Crippen LogP contribution in [0.25, 0.3) is 21.5 Å². The quantitative estimate of drug-likeness (QED) is 0.0268. The third kappa shape index (κ3) is 13.0. The summed E-state index contributed by atoms with van der Waals surface area (Å²) in [7, 11) is -17.6. The van der Waals surface area contributed by atoms with Crippen LogP contribution in [0.15, 0.2) is 117 Å². The van der Waals surface area contributed by atoms with Gasteiger partial charge in [0.25, 0.3) is 30.4 Å². The van der Waals surface area contributed by atoms with Crippen LogP contribution in [0, 0.1) is 12.3 Å². The van der Waals surface area contributed by atoms with Gasteiger partial charge in [0.1, 0.15) is 13.2 Å². The van der Waals surface area contributed by atoms with Crippen molar-refractivity contribution in [2.24, 2.45) is 0 Å². The second-order valence-corrected chi connectivity index (χ2v) is 26.4. The van der Waals surface area contributed by atoms with Gasteiger partial charge in [0.2, 0.25) is 5.71 Å². The average Bonchev–Trinajstić information content (AvgIpc) is 3.70. The Hall–Kier alpha value is -5.25. The summed E-state index contributed by atoms with van der Waals surface area (Å²) in [6.45, 7) is 16.0. The second kappa shape index (κ2) is 23.0. The molecular weight excluding hydrogens is 1050 g/mol. The van der Waals surface area contributed by atoms with Crippen LogP contribution in [0.4, 0.5) is 11.4 Å². The molecule has 17 nitrogen and oxygen atoms in total. The first-order chi connectivity index (χ1) is 35.6. The van der Waals surface area contributed by atoms with Crippen LogP contribution >= 0.6 is 0 Å². The molecule has 7 rings (SSSR count). The third-order valence-corrected chi connectivity index (χ3v) is 17.9. The van der Waals surface area contributed by atoms with Crippen LogP contribution in [0.5, 0.6) is 0 Å². The summed E-state index contributed by atoms with van der Waals surface area (Å²) in [4.78, 5) is 3.79. The molecule has 0 saturated heterocycles. The van der Waals surface area contributed by atoms with Crippen LogP contribution < -0.4 is 15.1 Å². The van der Waals surface area contributed by atoms with E-state index in [1.54, 1.807) is 24.3 Å². The zero-order valence-electron chi connectivity index (χ0n) is 43.7. The normalized spacial score (nSPS) is 20.6. The largest absolute Gasteiger partial charge is 0.748 e. The molecule has 0 spiro atoms. The Kier molecular flexibility index (Phi) is 17.7. The van der Waals surface area contributed by atoms with Gasteiger partial charge in [0.05, 0.1) is 38.3 Å². The van der Waals surface area contributed by atoms with Crippen LogP contribution in [0.1, 0.15) is 91.2 Å². The first-order valence-corrected chi connectivity index (χ1v) is 31.4. The van der Waals surface area contributed by atoms with Gasteiger partial charge in [-0.05, 0) is 120 Å². The van der Waals surface area contributed by atoms with Crippen molar-refractivity contribution >= 4 is 79.1 Å². The molecule has 1 unspecified atom stereocenters. The fraction of sp³-hybridized carbons (Fsp3) is 0.436. The number of likely N-dealkylation sites (N-methyl/N-ethyl adjacent to an activating group) is 2. The summed E-state index contributed by atoms with van der Waals surface area (Å²) in [5.41, 5.74) is 6.70. The van der Waals surface area contributed by atoms with E-state index in [1.165, 1.54) is 24.3 Å². The fourth-order valence-electron chi connectivity index (χ4n) is 11.2. The number of terminal acetylenes is 1. The molecule has 4 aromatic carbocycles. The van der Waals surface area contributed by atoms with Crippen molar-refractivity contribution in [1.29, 1.82) is 0 Å². The summed E-state index contributed by atoms with van der Waals surface area (Å²) in [6, 6.07) is 16.4. The molecule has 1 aliphatic carbocycles. The maximum absolute atomic E-state index is 12.2. The number of allylic oxidation sites excluding steroid dienone is 6. The SMILES string of the molecule is C#CCOC1C/C(=C\C=C2/N(CCCCS(=O)(=O)[O-])c3ccc4cc(S(=O)(=O)O)ccc4c3C2(C)C)C(=[N+](CC)CCNCC)/C(=C/C=C2/N(CCCCS(=O)(=O)O)c3ccc4cc(S(=O)(=O)O)ccc4c3C2(C)C)C1. The molecule has 21 heteroatoms. The Morgan fingerprint density at radius 1 is 0.711 bits per heavy atom. The van der Waals surface area contributed by atoms with Gasteiger partial charge in [0.15, 0.2) is 6.54 Å². The molecular formula is C55H68N4O13S4. The number of nitrogens with one attached hydrogen (secondary N) is 1. The molecule has 76 heavy (non-hydrogen) atoms. The highest BCUT2D eigenvalue weighted by Crippen LogP contribution is 2.53. The Morgan fingerprint density at radius 3 is 1.59 bits per heavy atom. The number of anilines is 2. The topological polar surface area (TPSA) is 251 Å². The molecule has 1 atom stereocenters. The van der Waals surface area contributed by atoms with Gasteiger partial charge >= 0.3 is 0 Å². The Balaban J connectivity index is 1.42. The van der Waals surface area contributed by atoms with Crippen molar-refractivity contribution < 1.29 is 61.2 Å². The number of benzene rings is 4. The molecule has 3 aliphatic rings. The van der Waals surface area contributed by atoms with E-state index in [9.17, 15) is 51.9 Å². The zero-order chi connectivity index (χ0) is 55.6. The van der Waals surface area contributed by atoms with E-state index in [0.717, 1.165) is 68.1 Å². The van der Waals surface area contributed by atoms with Crippen LogP contribution in [-0.2, 0) is 56.0 Å². The minimum Gasteiger partial charge on any atom is -0.748 e. The Bertz CT molecular complexity index is 3380. The second-order valence-electron chi connectivity index (χ2n) is 20.5. The lowest BCUT2D eigenvalue weighted by atomic mass is 9.80. The van der Waals surface area contributed by atoms with Gasteiger partial charge in [-0.1, -0.05) is 77.0 Å². The molecule has 410 valence electrons. The molecule has 0 bridgehead atoms. The summed E-state index contributed by atoms with van der Waals surface area (Å²) in [5.74, 6) is 1.71. The predicted octanol–water partition coefficient (Wildman–Crippen LogP) is 7.89. The van der Waals surface area contributed by atoms with Crippen LogP contribution in [0.3, 0.4) is 0 Å². The number of hydrogen-bond donors (Lipinski definition) is 4. The minimum atomic E-state index is -4.49. The van der Waals surface area contributed by atoms with Gasteiger partial charge in [-0.3, -0.25) is 13.7 Å². The minimum absolute atomic E-state index is 0.0638. The average molecular weight is 1120 g/mol. The molecule has 2 aliphatic heterocycles. The molecule has 2 heterocycles. The lowest BCUT2D eigenvalue weighted by molar-refractivity contribution is -0.522. The van der Waals surface area contributed by atoms with Gasteiger partial charge in [0, 0.05) is 76.4 Å². The lowest BCUT2D eigenvalue weighted by Gasteiger charge is -2.29. The molecule has 1 fully saturated rings. The molecule has 1 saturated carbocycles. The number of hydrogen-bond acceptors (Lipinski definition) is 13. The molecule has 4 N–H and O–H groups in total. The van der Waals surface area contributed by atoms with E-state index in [-0.39, 0.29) is 35.3 Å². The van der Waals surface area contributed by atoms with Crippen molar-refractivity contribution in [2.45, 2.75) is 107 Å². The Morgan fingerprint density at radius 2 is 1.18 bits per heavy atom. The maximum atomic E-state index is 12.2. The van der Waals surface area contributed by atoms with Crippen molar-refractivity contribution in [2.75, 3.05) is 67.2 Å². The molecule has 0 amide bonds. The van der Waals surface area contributed by atoms with E-state index in [1.807, 2.05) is 19.1 Å². The van der Waals surface area contributed by atoms with Crippen molar-refractivity contribution in [3.63, 3.8) is 0 Å². The van der Waals surface area contributed by atoms with E-state index in [0.29, 0.717) is 69.2 Å². The van der Waals surface area contributed by atoms with Crippen molar-refractivity contribution in [1.82, 2.24) is 5.32 Å². The fourth-order valence-corrected chi connectivity index (χ4v) is 13.3. The number of unbranched alkanes of at least 4 members (excludes halogenated alkanes) is 2. The first kappa shape index (κ1) is 58.4. The van der Waals surface area contributed by atoms with E-state index in [2.05, 4.69) is 84.5 Å². The standard InChI is InChI=1S/C55H68N4O13S4/c1-8-31-72-42-34-40(17-25-49-54(4,5)51-45-21-19-43(75(66,67)68)36-38(45)15-23-47(51)58(49)28-11-13-32-73(60,61)62)53(57(10-3)30-27-56-9-2)41(35-42)18-26-50-55(6,7)52-46-22-20-44(76(69,70)71)37-39(46)16-24-48(52)59(50)29-12-14-33-74(63,64)65/h1,15-26,36-37,42,56H,9-14,27-35H2,2-7H3,(H3-,60,61,62,63,64,65,66,67,68,69,70,71). The highest BCUT2D eigenvalue weighted by Gasteiger charge is 2.43. The number of rotatable bonds is 21. The third-order valence-electron chi connectivity index (χ3n) is 14.6. The van der Waals surface area contributed by atoms with Crippen LogP contribution in [0.2, 0.25) is 0 Å². The monoisotopic (exact) mass is 1120 g/mol.